The van der Waals surface area contributed by atoms with Gasteiger partial charge < -0.3 is 10.1 Å². The predicted molar refractivity (Wildman–Crippen MR) is 96.4 cm³/mol. The van der Waals surface area contributed by atoms with E-state index in [-0.39, 0.29) is 5.91 Å². The molecule has 2 rings (SSSR count). The SMILES string of the molecule is CCC(Oc1ccc(C)cc1C)C(=O)Nc1ccc(NNC=O)s1. The van der Waals surface area contributed by atoms with Crippen molar-refractivity contribution in [2.45, 2.75) is 33.3 Å². The summed E-state index contributed by atoms with van der Waals surface area (Å²) in [7, 11) is 0. The van der Waals surface area contributed by atoms with Gasteiger partial charge in [-0.05, 0) is 44.0 Å². The lowest BCUT2D eigenvalue weighted by atomic mass is 10.1. The molecule has 1 aromatic carbocycles. The fourth-order valence-corrected chi connectivity index (χ4v) is 2.95. The lowest BCUT2D eigenvalue weighted by molar-refractivity contribution is -0.122. The first kappa shape index (κ1) is 17.8. The minimum atomic E-state index is -0.571. The molecule has 7 heteroatoms. The first-order chi connectivity index (χ1) is 11.5. The summed E-state index contributed by atoms with van der Waals surface area (Å²) in [5.41, 5.74) is 7.21. The number of hydrogen-bond donors (Lipinski definition) is 3. The maximum atomic E-state index is 12.4. The molecule has 6 nitrogen and oxygen atoms in total. The number of rotatable bonds is 8. The highest BCUT2D eigenvalue weighted by Crippen LogP contribution is 2.27. The van der Waals surface area contributed by atoms with Crippen LogP contribution in [-0.2, 0) is 9.59 Å². The highest BCUT2D eigenvalue weighted by Gasteiger charge is 2.20. The Morgan fingerprint density at radius 3 is 2.67 bits per heavy atom. The Balaban J connectivity index is 2.00. The van der Waals surface area contributed by atoms with Gasteiger partial charge in [-0.3, -0.25) is 20.4 Å². The summed E-state index contributed by atoms with van der Waals surface area (Å²) in [5.74, 6) is 0.514. The average Bonchev–Trinajstić information content (AvgIpc) is 2.99. The van der Waals surface area contributed by atoms with E-state index in [9.17, 15) is 9.59 Å². The quantitative estimate of drug-likeness (QED) is 0.506. The summed E-state index contributed by atoms with van der Waals surface area (Å²) in [6.45, 7) is 5.88. The summed E-state index contributed by atoms with van der Waals surface area (Å²) in [4.78, 5) is 22.7. The summed E-state index contributed by atoms with van der Waals surface area (Å²) in [6.07, 6.45) is 0.531. The van der Waals surface area contributed by atoms with Crippen LogP contribution in [0.25, 0.3) is 0 Å². The second-order valence-corrected chi connectivity index (χ2v) is 6.41. The molecule has 0 fully saturated rings. The maximum absolute atomic E-state index is 12.4. The molecule has 1 aromatic heterocycles. The van der Waals surface area contributed by atoms with Crippen LogP contribution in [-0.4, -0.2) is 18.4 Å². The zero-order valence-electron chi connectivity index (χ0n) is 13.9. The molecule has 0 aliphatic heterocycles. The second-order valence-electron chi connectivity index (χ2n) is 5.32. The molecule has 0 spiro atoms. The number of carbonyl (C=O) groups excluding carboxylic acids is 2. The molecule has 0 aliphatic carbocycles. The van der Waals surface area contributed by atoms with E-state index in [0.717, 1.165) is 16.1 Å². The normalized spacial score (nSPS) is 11.5. The fourth-order valence-electron chi connectivity index (χ4n) is 2.18. The minimum absolute atomic E-state index is 0.200. The number of aryl methyl sites for hydroxylation is 2. The van der Waals surface area contributed by atoms with Crippen LogP contribution in [0.4, 0.5) is 10.0 Å². The summed E-state index contributed by atoms with van der Waals surface area (Å²) in [6, 6.07) is 9.41. The van der Waals surface area contributed by atoms with E-state index in [4.69, 9.17) is 4.74 Å². The predicted octanol–water partition coefficient (Wildman–Crippen LogP) is 3.23. The highest BCUT2D eigenvalue weighted by atomic mass is 32.1. The molecule has 24 heavy (non-hydrogen) atoms. The van der Waals surface area contributed by atoms with Crippen molar-refractivity contribution in [3.8, 4) is 5.75 Å². The number of hydrogen-bond acceptors (Lipinski definition) is 5. The number of ether oxygens (including phenoxy) is 1. The Kier molecular flexibility index (Phi) is 6.20. The Morgan fingerprint density at radius 2 is 2.00 bits per heavy atom. The second kappa shape index (κ2) is 8.35. The zero-order valence-corrected chi connectivity index (χ0v) is 14.7. The monoisotopic (exact) mass is 347 g/mol. The van der Waals surface area contributed by atoms with E-state index in [1.54, 1.807) is 12.1 Å². The number of carbonyl (C=O) groups is 2. The largest absolute Gasteiger partial charge is 0.480 e. The molecule has 0 aliphatic rings. The van der Waals surface area contributed by atoms with Crippen molar-refractivity contribution in [1.82, 2.24) is 5.43 Å². The third kappa shape index (κ3) is 4.73. The number of benzene rings is 1. The van der Waals surface area contributed by atoms with Gasteiger partial charge in [-0.25, -0.2) is 0 Å². The number of nitrogens with one attached hydrogen (secondary N) is 3. The Labute approximate surface area is 145 Å². The Morgan fingerprint density at radius 1 is 1.25 bits per heavy atom. The molecule has 0 saturated carbocycles. The molecular weight excluding hydrogens is 326 g/mol. The van der Waals surface area contributed by atoms with Gasteiger partial charge >= 0.3 is 0 Å². The van der Waals surface area contributed by atoms with Crippen molar-refractivity contribution in [3.05, 3.63) is 41.5 Å². The molecule has 3 N–H and O–H groups in total. The van der Waals surface area contributed by atoms with Gasteiger partial charge in [0.05, 0.1) is 5.00 Å². The lowest BCUT2D eigenvalue weighted by Gasteiger charge is -2.18. The van der Waals surface area contributed by atoms with E-state index in [1.807, 2.05) is 39.0 Å². The molecule has 2 amide bonds. The smallest absolute Gasteiger partial charge is 0.266 e. The number of amides is 2. The molecule has 1 unspecified atom stereocenters. The summed E-state index contributed by atoms with van der Waals surface area (Å²) in [5, 5.41) is 4.24. The van der Waals surface area contributed by atoms with Gasteiger partial charge in [-0.2, -0.15) is 0 Å². The van der Waals surface area contributed by atoms with Crippen molar-refractivity contribution in [3.63, 3.8) is 0 Å². The molecule has 1 heterocycles. The molecule has 1 atom stereocenters. The lowest BCUT2D eigenvalue weighted by Crippen LogP contribution is -2.32. The van der Waals surface area contributed by atoms with E-state index in [1.165, 1.54) is 11.3 Å². The summed E-state index contributed by atoms with van der Waals surface area (Å²) < 4.78 is 5.87. The van der Waals surface area contributed by atoms with Crippen LogP contribution < -0.4 is 20.9 Å². The molecule has 0 radical (unpaired) electrons. The molecule has 128 valence electrons. The van der Waals surface area contributed by atoms with Crippen molar-refractivity contribution in [2.24, 2.45) is 0 Å². The van der Waals surface area contributed by atoms with E-state index in [0.29, 0.717) is 23.6 Å². The van der Waals surface area contributed by atoms with Gasteiger partial charge in [0.2, 0.25) is 6.41 Å². The van der Waals surface area contributed by atoms with Crippen molar-refractivity contribution in [1.29, 1.82) is 0 Å². The van der Waals surface area contributed by atoms with E-state index in [2.05, 4.69) is 16.2 Å². The fraction of sp³-hybridized carbons (Fsp3) is 0.294. The van der Waals surface area contributed by atoms with Gasteiger partial charge in [-0.1, -0.05) is 36.0 Å². The summed E-state index contributed by atoms with van der Waals surface area (Å²) >= 11 is 1.32. The molecule has 2 aromatic rings. The van der Waals surface area contributed by atoms with Crippen LogP contribution in [0.5, 0.6) is 5.75 Å². The third-order valence-corrected chi connectivity index (χ3v) is 4.29. The number of thiophene rings is 1. The van der Waals surface area contributed by atoms with Crippen molar-refractivity contribution in [2.75, 3.05) is 10.7 Å². The van der Waals surface area contributed by atoms with Crippen molar-refractivity contribution >= 4 is 33.7 Å². The number of hydrazine groups is 1. The van der Waals surface area contributed by atoms with Crippen LogP contribution in [0, 0.1) is 13.8 Å². The van der Waals surface area contributed by atoms with E-state index < -0.39 is 6.10 Å². The topological polar surface area (TPSA) is 79.5 Å². The zero-order chi connectivity index (χ0) is 17.5. The standard InChI is InChI=1S/C17H21N3O3S/c1-4-13(23-14-6-5-11(2)9-12(14)3)17(22)19-15-7-8-16(24-15)20-18-10-21/h5-10,13,20H,4H2,1-3H3,(H,18,21)(H,19,22). The first-order valence-electron chi connectivity index (χ1n) is 7.63. The van der Waals surface area contributed by atoms with Gasteiger partial charge in [0.15, 0.2) is 6.10 Å². The Bertz CT molecular complexity index is 715. The van der Waals surface area contributed by atoms with Gasteiger partial charge in [0.1, 0.15) is 10.8 Å². The van der Waals surface area contributed by atoms with Crippen LogP contribution in [0.15, 0.2) is 30.3 Å². The highest BCUT2D eigenvalue weighted by molar-refractivity contribution is 7.20. The van der Waals surface area contributed by atoms with Gasteiger partial charge in [0.25, 0.3) is 5.91 Å². The van der Waals surface area contributed by atoms with Crippen molar-refractivity contribution < 1.29 is 14.3 Å². The van der Waals surface area contributed by atoms with Crippen LogP contribution in [0.1, 0.15) is 24.5 Å². The van der Waals surface area contributed by atoms with Gasteiger partial charge in [-0.15, -0.1) is 0 Å². The molecule has 0 saturated heterocycles. The number of anilines is 2. The Hall–Kier alpha value is -2.54. The molecule has 0 bridgehead atoms. The van der Waals surface area contributed by atoms with Gasteiger partial charge in [0, 0.05) is 0 Å². The van der Waals surface area contributed by atoms with Crippen LogP contribution in [0.2, 0.25) is 0 Å². The van der Waals surface area contributed by atoms with E-state index >= 15 is 0 Å². The van der Waals surface area contributed by atoms with Crippen LogP contribution in [0.3, 0.4) is 0 Å². The van der Waals surface area contributed by atoms with Crippen LogP contribution >= 0.6 is 11.3 Å². The molecular formula is C17H21N3O3S. The minimum Gasteiger partial charge on any atom is -0.480 e. The third-order valence-electron chi connectivity index (χ3n) is 3.37. The first-order valence-corrected chi connectivity index (χ1v) is 8.45. The maximum Gasteiger partial charge on any atom is 0.266 e. The average molecular weight is 347 g/mol.